The first-order chi connectivity index (χ1) is 14.9. The zero-order chi connectivity index (χ0) is 21.8. The molecule has 2 aliphatic rings. The predicted molar refractivity (Wildman–Crippen MR) is 112 cm³/mol. The minimum Gasteiger partial charge on any atom is -0.497 e. The molecule has 2 heterocycles. The molecule has 0 spiro atoms. The molecule has 2 aliphatic heterocycles. The number of rotatable bonds is 9. The highest BCUT2D eigenvalue weighted by Crippen LogP contribution is 2.40. The van der Waals surface area contributed by atoms with Crippen molar-refractivity contribution >= 4 is 0 Å². The molecule has 4 rings (SSSR count). The number of hydrogen-bond acceptors (Lipinski definition) is 7. The van der Waals surface area contributed by atoms with Crippen molar-refractivity contribution in [1.29, 1.82) is 0 Å². The SMILES string of the molecule is COc1ccc(COC[C@@H](O)[C@H]2O[C@@H]3OC(C)(C)O[C@@H]3[C@H]2OCc2ccccc2)cc1. The van der Waals surface area contributed by atoms with E-state index in [1.165, 1.54) is 0 Å². The summed E-state index contributed by atoms with van der Waals surface area (Å²) in [7, 11) is 1.63. The van der Waals surface area contributed by atoms with Crippen LogP contribution in [0.2, 0.25) is 0 Å². The maximum absolute atomic E-state index is 10.8. The third kappa shape index (κ3) is 5.44. The Hall–Kier alpha value is -2.00. The second-order valence-electron chi connectivity index (χ2n) is 8.26. The van der Waals surface area contributed by atoms with Gasteiger partial charge in [-0.2, -0.15) is 0 Å². The molecule has 1 N–H and O–H groups in total. The van der Waals surface area contributed by atoms with Crippen molar-refractivity contribution in [2.75, 3.05) is 13.7 Å². The van der Waals surface area contributed by atoms with Crippen LogP contribution in [0, 0.1) is 0 Å². The molecule has 0 saturated carbocycles. The molecule has 0 bridgehead atoms. The van der Waals surface area contributed by atoms with E-state index in [-0.39, 0.29) is 6.61 Å². The normalized spacial score (nSPS) is 27.7. The molecule has 0 radical (unpaired) electrons. The van der Waals surface area contributed by atoms with Gasteiger partial charge in [-0.1, -0.05) is 42.5 Å². The van der Waals surface area contributed by atoms with Crippen molar-refractivity contribution in [2.24, 2.45) is 0 Å². The molecule has 0 amide bonds. The van der Waals surface area contributed by atoms with E-state index >= 15 is 0 Å². The van der Waals surface area contributed by atoms with Crippen LogP contribution >= 0.6 is 0 Å². The van der Waals surface area contributed by atoms with Gasteiger partial charge in [0.05, 0.1) is 26.9 Å². The summed E-state index contributed by atoms with van der Waals surface area (Å²) in [5.74, 6) is 0.0285. The Morgan fingerprint density at radius 1 is 0.968 bits per heavy atom. The van der Waals surface area contributed by atoms with E-state index in [0.717, 1.165) is 16.9 Å². The molecule has 2 aromatic rings. The second kappa shape index (κ2) is 9.65. The van der Waals surface area contributed by atoms with Crippen LogP contribution in [0.25, 0.3) is 0 Å². The number of methoxy groups -OCH3 is 1. The monoisotopic (exact) mass is 430 g/mol. The first-order valence-electron chi connectivity index (χ1n) is 10.5. The van der Waals surface area contributed by atoms with Gasteiger partial charge in [-0.3, -0.25) is 0 Å². The number of fused-ring (bicyclic) bond motifs is 1. The Labute approximate surface area is 182 Å². The van der Waals surface area contributed by atoms with Crippen LogP contribution in [0.15, 0.2) is 54.6 Å². The smallest absolute Gasteiger partial charge is 0.190 e. The van der Waals surface area contributed by atoms with E-state index in [0.29, 0.717) is 13.2 Å². The Morgan fingerprint density at radius 3 is 2.39 bits per heavy atom. The molecular weight excluding hydrogens is 400 g/mol. The van der Waals surface area contributed by atoms with Crippen molar-refractivity contribution in [2.45, 2.75) is 63.6 Å². The molecular formula is C24H30O7. The van der Waals surface area contributed by atoms with Crippen molar-refractivity contribution in [3.63, 3.8) is 0 Å². The molecule has 0 aliphatic carbocycles. The maximum Gasteiger partial charge on any atom is 0.190 e. The summed E-state index contributed by atoms with van der Waals surface area (Å²) in [4.78, 5) is 0. The fourth-order valence-electron chi connectivity index (χ4n) is 3.88. The molecule has 2 fully saturated rings. The summed E-state index contributed by atoms with van der Waals surface area (Å²) in [6.07, 6.45) is -2.99. The number of aliphatic hydroxyl groups excluding tert-OH is 1. The third-order valence-electron chi connectivity index (χ3n) is 5.41. The van der Waals surface area contributed by atoms with E-state index in [2.05, 4.69) is 0 Å². The van der Waals surface area contributed by atoms with Gasteiger partial charge in [0.25, 0.3) is 0 Å². The molecule has 7 nitrogen and oxygen atoms in total. The lowest BCUT2D eigenvalue weighted by molar-refractivity contribution is -0.233. The van der Waals surface area contributed by atoms with Gasteiger partial charge in [0.2, 0.25) is 0 Å². The molecule has 5 atom stereocenters. The summed E-state index contributed by atoms with van der Waals surface area (Å²) in [5.41, 5.74) is 2.02. The average molecular weight is 430 g/mol. The Morgan fingerprint density at radius 2 is 1.68 bits per heavy atom. The highest BCUT2D eigenvalue weighted by atomic mass is 16.8. The second-order valence-corrected chi connectivity index (χ2v) is 8.26. The van der Waals surface area contributed by atoms with Crippen LogP contribution in [0.1, 0.15) is 25.0 Å². The summed E-state index contributed by atoms with van der Waals surface area (Å²) in [6, 6.07) is 17.5. The van der Waals surface area contributed by atoms with Gasteiger partial charge < -0.3 is 33.5 Å². The van der Waals surface area contributed by atoms with Crippen LogP contribution in [-0.2, 0) is 36.9 Å². The molecule has 2 aromatic carbocycles. The lowest BCUT2D eigenvalue weighted by Crippen LogP contribution is -2.44. The summed E-state index contributed by atoms with van der Waals surface area (Å²) in [6.45, 7) is 4.54. The van der Waals surface area contributed by atoms with Gasteiger partial charge in [-0.15, -0.1) is 0 Å². The van der Waals surface area contributed by atoms with Crippen molar-refractivity contribution in [1.82, 2.24) is 0 Å². The predicted octanol–water partition coefficient (Wildman–Crippen LogP) is 3.03. The van der Waals surface area contributed by atoms with E-state index in [1.54, 1.807) is 7.11 Å². The van der Waals surface area contributed by atoms with Crippen molar-refractivity contribution in [3.05, 3.63) is 65.7 Å². The standard InChI is InChI=1S/C24H30O7/c1-24(2)30-22-21(28-14-16-7-5-4-6-8-16)20(29-23(22)31-24)19(25)15-27-13-17-9-11-18(26-3)12-10-17/h4-12,19-23,25H,13-15H2,1-3H3/t19-,20-,21+,22-,23-/m1/s1. The van der Waals surface area contributed by atoms with Crippen molar-refractivity contribution < 1.29 is 33.5 Å². The van der Waals surface area contributed by atoms with Gasteiger partial charge in [0.15, 0.2) is 12.1 Å². The fraction of sp³-hybridized carbons (Fsp3) is 0.500. The van der Waals surface area contributed by atoms with Gasteiger partial charge in [-0.25, -0.2) is 0 Å². The third-order valence-corrected chi connectivity index (χ3v) is 5.41. The molecule has 31 heavy (non-hydrogen) atoms. The summed E-state index contributed by atoms with van der Waals surface area (Å²) >= 11 is 0. The summed E-state index contributed by atoms with van der Waals surface area (Å²) < 4.78 is 34.9. The largest absolute Gasteiger partial charge is 0.497 e. The molecule has 2 saturated heterocycles. The van der Waals surface area contributed by atoms with Crippen LogP contribution in [0.3, 0.4) is 0 Å². The Balaban J connectivity index is 1.36. The zero-order valence-electron chi connectivity index (χ0n) is 18.1. The minimum absolute atomic E-state index is 0.102. The van der Waals surface area contributed by atoms with E-state index in [9.17, 15) is 5.11 Å². The molecule has 7 heteroatoms. The molecule has 168 valence electrons. The maximum atomic E-state index is 10.8. The van der Waals surface area contributed by atoms with E-state index in [1.807, 2.05) is 68.4 Å². The zero-order valence-corrected chi connectivity index (χ0v) is 18.1. The lowest BCUT2D eigenvalue weighted by Gasteiger charge is -2.28. The first-order valence-corrected chi connectivity index (χ1v) is 10.5. The molecule has 0 unspecified atom stereocenters. The van der Waals surface area contributed by atoms with Crippen LogP contribution in [-0.4, -0.2) is 55.3 Å². The van der Waals surface area contributed by atoms with E-state index < -0.39 is 36.5 Å². The minimum atomic E-state index is -0.889. The Kier molecular flexibility index (Phi) is 6.91. The fourth-order valence-corrected chi connectivity index (χ4v) is 3.88. The topological polar surface area (TPSA) is 75.6 Å². The lowest BCUT2D eigenvalue weighted by atomic mass is 10.1. The van der Waals surface area contributed by atoms with Crippen molar-refractivity contribution in [3.8, 4) is 5.75 Å². The average Bonchev–Trinajstić information content (AvgIpc) is 3.25. The highest BCUT2D eigenvalue weighted by molar-refractivity contribution is 5.26. The van der Waals surface area contributed by atoms with Crippen LogP contribution in [0.4, 0.5) is 0 Å². The van der Waals surface area contributed by atoms with Crippen LogP contribution in [0.5, 0.6) is 5.75 Å². The van der Waals surface area contributed by atoms with Gasteiger partial charge in [-0.05, 0) is 37.1 Å². The number of benzene rings is 2. The van der Waals surface area contributed by atoms with Gasteiger partial charge in [0.1, 0.15) is 30.2 Å². The van der Waals surface area contributed by atoms with E-state index in [4.69, 9.17) is 28.4 Å². The summed E-state index contributed by atoms with van der Waals surface area (Å²) in [5, 5.41) is 10.8. The van der Waals surface area contributed by atoms with Gasteiger partial charge in [0, 0.05) is 0 Å². The Bertz CT molecular complexity index is 824. The highest BCUT2D eigenvalue weighted by Gasteiger charge is 2.57. The van der Waals surface area contributed by atoms with Crippen LogP contribution < -0.4 is 4.74 Å². The quantitative estimate of drug-likeness (QED) is 0.655. The first kappa shape index (κ1) is 22.2. The molecule has 0 aromatic heterocycles. The number of aliphatic hydroxyl groups is 1. The number of hydrogen-bond donors (Lipinski definition) is 1. The number of ether oxygens (including phenoxy) is 6. The van der Waals surface area contributed by atoms with Gasteiger partial charge >= 0.3 is 0 Å².